The second-order valence-corrected chi connectivity index (χ2v) is 5.94. The smallest absolute Gasteiger partial charge is 0.257 e. The van der Waals surface area contributed by atoms with Crippen molar-refractivity contribution in [3.8, 4) is 0 Å². The van der Waals surface area contributed by atoms with Gasteiger partial charge in [-0.25, -0.2) is 0 Å². The first-order chi connectivity index (χ1) is 9.65. The summed E-state index contributed by atoms with van der Waals surface area (Å²) in [6.07, 6.45) is 5.64. The molecule has 1 aromatic carbocycles. The lowest BCUT2D eigenvalue weighted by Crippen LogP contribution is -2.41. The lowest BCUT2D eigenvalue weighted by Gasteiger charge is -2.22. The largest absolute Gasteiger partial charge is 0.376 e. The molecule has 0 aliphatic heterocycles. The van der Waals surface area contributed by atoms with Gasteiger partial charge >= 0.3 is 0 Å². The first kappa shape index (κ1) is 14.9. The Balaban J connectivity index is 1.74. The number of halogens is 1. The Hall–Kier alpha value is -1.49. The summed E-state index contributed by atoms with van der Waals surface area (Å²) in [5.74, 6) is 0.408. The van der Waals surface area contributed by atoms with Gasteiger partial charge in [-0.3, -0.25) is 10.2 Å². The van der Waals surface area contributed by atoms with Crippen molar-refractivity contribution < 1.29 is 4.79 Å². The lowest BCUT2D eigenvalue weighted by atomic mass is 9.94. The van der Waals surface area contributed by atoms with Crippen LogP contribution < -0.4 is 16.2 Å². The van der Waals surface area contributed by atoms with E-state index < -0.39 is 0 Å². The Bertz CT molecular complexity index is 502. The van der Waals surface area contributed by atoms with E-state index in [1.54, 1.807) is 0 Å². The fraction of sp³-hybridized carbons (Fsp3) is 0.400. The monoisotopic (exact) mass is 337 g/mol. The average molecular weight is 338 g/mol. The van der Waals surface area contributed by atoms with E-state index in [1.807, 2.05) is 24.3 Å². The molecule has 0 saturated heterocycles. The third kappa shape index (κ3) is 4.56. The number of carbonyl (C=O) groups excluding carboxylic acids is 1. The molecule has 0 aromatic heterocycles. The summed E-state index contributed by atoms with van der Waals surface area (Å²) in [7, 11) is 0. The van der Waals surface area contributed by atoms with Crippen molar-refractivity contribution >= 4 is 27.5 Å². The highest BCUT2D eigenvalue weighted by Gasteiger charge is 2.13. The lowest BCUT2D eigenvalue weighted by molar-refractivity contribution is -0.120. The van der Waals surface area contributed by atoms with E-state index in [4.69, 9.17) is 0 Å². The Morgan fingerprint density at radius 3 is 3.05 bits per heavy atom. The van der Waals surface area contributed by atoms with Gasteiger partial charge in [0.2, 0.25) is 0 Å². The molecule has 0 heterocycles. The Morgan fingerprint density at radius 2 is 2.30 bits per heavy atom. The molecular formula is C15H20BrN3O. The third-order valence-corrected chi connectivity index (χ3v) is 3.85. The number of hydrogen-bond acceptors (Lipinski definition) is 3. The van der Waals surface area contributed by atoms with E-state index >= 15 is 0 Å². The van der Waals surface area contributed by atoms with Crippen molar-refractivity contribution in [1.29, 1.82) is 0 Å². The maximum atomic E-state index is 11.8. The van der Waals surface area contributed by atoms with E-state index in [0.29, 0.717) is 5.92 Å². The van der Waals surface area contributed by atoms with E-state index in [0.717, 1.165) is 22.3 Å². The van der Waals surface area contributed by atoms with Crippen LogP contribution in [0, 0.1) is 5.92 Å². The minimum atomic E-state index is -0.0800. The highest BCUT2D eigenvalue weighted by Crippen LogP contribution is 2.21. The summed E-state index contributed by atoms with van der Waals surface area (Å²) in [6.45, 7) is 2.41. The molecule has 0 spiro atoms. The normalized spacial score (nSPS) is 18.1. The SMILES string of the molecule is CC1CCCC=C1NNC(=O)CNc1cccc(Br)c1. The Labute approximate surface area is 128 Å². The van der Waals surface area contributed by atoms with Crippen LogP contribution in [0.4, 0.5) is 5.69 Å². The zero-order valence-corrected chi connectivity index (χ0v) is 13.2. The highest BCUT2D eigenvalue weighted by molar-refractivity contribution is 9.10. The van der Waals surface area contributed by atoms with Gasteiger partial charge in [0.1, 0.15) is 0 Å². The molecule has 2 rings (SSSR count). The fourth-order valence-electron chi connectivity index (χ4n) is 2.18. The Morgan fingerprint density at radius 1 is 1.45 bits per heavy atom. The van der Waals surface area contributed by atoms with Gasteiger partial charge < -0.3 is 10.7 Å². The molecule has 1 atom stereocenters. The summed E-state index contributed by atoms with van der Waals surface area (Å²) in [5, 5.41) is 3.08. The summed E-state index contributed by atoms with van der Waals surface area (Å²) < 4.78 is 0.988. The summed E-state index contributed by atoms with van der Waals surface area (Å²) in [6, 6.07) is 7.74. The van der Waals surface area contributed by atoms with Crippen LogP contribution in [0.3, 0.4) is 0 Å². The van der Waals surface area contributed by atoms with Gasteiger partial charge in [0.15, 0.2) is 0 Å². The summed E-state index contributed by atoms with van der Waals surface area (Å²) >= 11 is 3.40. The molecule has 3 N–H and O–H groups in total. The predicted molar refractivity (Wildman–Crippen MR) is 85.0 cm³/mol. The molecule has 0 saturated carbocycles. The van der Waals surface area contributed by atoms with Gasteiger partial charge in [-0.2, -0.15) is 0 Å². The summed E-state index contributed by atoms with van der Waals surface area (Å²) in [4.78, 5) is 11.8. The van der Waals surface area contributed by atoms with E-state index in [2.05, 4.69) is 45.1 Å². The number of nitrogens with one attached hydrogen (secondary N) is 3. The van der Waals surface area contributed by atoms with Crippen molar-refractivity contribution in [2.45, 2.75) is 26.2 Å². The van der Waals surface area contributed by atoms with Crippen molar-refractivity contribution in [2.75, 3.05) is 11.9 Å². The van der Waals surface area contributed by atoms with E-state index in [9.17, 15) is 4.79 Å². The molecular weight excluding hydrogens is 318 g/mol. The fourth-order valence-corrected chi connectivity index (χ4v) is 2.58. The molecule has 108 valence electrons. The van der Waals surface area contributed by atoms with E-state index in [-0.39, 0.29) is 12.5 Å². The van der Waals surface area contributed by atoms with Gasteiger partial charge in [-0.1, -0.05) is 35.0 Å². The number of allylic oxidation sites excluding steroid dienone is 2. The van der Waals surface area contributed by atoms with Crippen molar-refractivity contribution in [3.05, 3.63) is 40.5 Å². The quantitative estimate of drug-likeness (QED) is 0.723. The van der Waals surface area contributed by atoms with Crippen LogP contribution in [0.15, 0.2) is 40.5 Å². The number of carbonyl (C=O) groups is 1. The average Bonchev–Trinajstić information content (AvgIpc) is 2.44. The van der Waals surface area contributed by atoms with Crippen molar-refractivity contribution in [1.82, 2.24) is 10.9 Å². The predicted octanol–water partition coefficient (Wildman–Crippen LogP) is 3.19. The van der Waals surface area contributed by atoms with Gasteiger partial charge in [-0.15, -0.1) is 0 Å². The number of hydrogen-bond donors (Lipinski definition) is 3. The highest BCUT2D eigenvalue weighted by atomic mass is 79.9. The number of amides is 1. The number of anilines is 1. The Kier molecular flexibility index (Phi) is 5.47. The molecule has 0 radical (unpaired) electrons. The van der Waals surface area contributed by atoms with Gasteiger partial charge in [0.25, 0.3) is 5.91 Å². The molecule has 1 aromatic rings. The van der Waals surface area contributed by atoms with Crippen LogP contribution in [0.25, 0.3) is 0 Å². The molecule has 0 fully saturated rings. The van der Waals surface area contributed by atoms with Crippen molar-refractivity contribution in [2.24, 2.45) is 5.92 Å². The number of rotatable bonds is 5. The van der Waals surface area contributed by atoms with Crippen molar-refractivity contribution in [3.63, 3.8) is 0 Å². The van der Waals surface area contributed by atoms with Gasteiger partial charge in [-0.05, 0) is 43.4 Å². The number of hydrazine groups is 1. The standard InChI is InChI=1S/C15H20BrN3O/c1-11-5-2-3-8-14(11)18-19-15(20)10-17-13-7-4-6-12(16)9-13/h4,6-9,11,17-18H,2-3,5,10H2,1H3,(H,19,20). The first-order valence-corrected chi connectivity index (χ1v) is 7.69. The molecule has 5 heteroatoms. The zero-order valence-electron chi connectivity index (χ0n) is 11.6. The topological polar surface area (TPSA) is 53.2 Å². The molecule has 1 aliphatic rings. The zero-order chi connectivity index (χ0) is 14.4. The van der Waals surface area contributed by atoms with Crippen LogP contribution in [-0.4, -0.2) is 12.5 Å². The maximum absolute atomic E-state index is 11.8. The molecule has 20 heavy (non-hydrogen) atoms. The molecule has 1 amide bonds. The number of benzene rings is 1. The minimum absolute atomic E-state index is 0.0800. The summed E-state index contributed by atoms with van der Waals surface area (Å²) in [5.41, 5.74) is 7.80. The molecule has 1 aliphatic carbocycles. The van der Waals surface area contributed by atoms with Crippen LogP contribution in [-0.2, 0) is 4.79 Å². The van der Waals surface area contributed by atoms with Crippen LogP contribution in [0.1, 0.15) is 26.2 Å². The van der Waals surface area contributed by atoms with Gasteiger partial charge in [0.05, 0.1) is 6.54 Å². The molecule has 1 unspecified atom stereocenters. The van der Waals surface area contributed by atoms with Crippen LogP contribution in [0.5, 0.6) is 0 Å². The minimum Gasteiger partial charge on any atom is -0.376 e. The maximum Gasteiger partial charge on any atom is 0.257 e. The van der Waals surface area contributed by atoms with Crippen LogP contribution in [0.2, 0.25) is 0 Å². The van der Waals surface area contributed by atoms with Gasteiger partial charge in [0, 0.05) is 15.9 Å². The second-order valence-electron chi connectivity index (χ2n) is 5.03. The van der Waals surface area contributed by atoms with E-state index in [1.165, 1.54) is 12.8 Å². The second kappa shape index (κ2) is 7.33. The first-order valence-electron chi connectivity index (χ1n) is 6.89. The molecule has 0 bridgehead atoms. The third-order valence-electron chi connectivity index (χ3n) is 3.36. The van der Waals surface area contributed by atoms with Crippen LogP contribution >= 0.6 is 15.9 Å². The molecule has 4 nitrogen and oxygen atoms in total.